The van der Waals surface area contributed by atoms with Crippen molar-refractivity contribution in [3.8, 4) is 11.5 Å². The fourth-order valence-electron chi connectivity index (χ4n) is 2.75. The van der Waals surface area contributed by atoms with Gasteiger partial charge >= 0.3 is 0 Å². The Bertz CT molecular complexity index is 657. The molecule has 0 aliphatic rings. The molecule has 0 heterocycles. The van der Waals surface area contributed by atoms with Gasteiger partial charge in [-0.25, -0.2) is 0 Å². The van der Waals surface area contributed by atoms with Gasteiger partial charge in [0, 0.05) is 5.41 Å². The highest BCUT2D eigenvalue weighted by Crippen LogP contribution is 2.35. The first-order chi connectivity index (χ1) is 10.4. The number of aryl methyl sites for hydroxylation is 2. The van der Waals surface area contributed by atoms with Crippen LogP contribution in [0, 0.1) is 6.92 Å². The van der Waals surface area contributed by atoms with E-state index >= 15 is 0 Å². The highest BCUT2D eigenvalue weighted by atomic mass is 16.3. The van der Waals surface area contributed by atoms with Crippen LogP contribution in [0.4, 0.5) is 0 Å². The van der Waals surface area contributed by atoms with E-state index in [4.69, 9.17) is 0 Å². The number of phenols is 2. The fraction of sp³-hybridized carbons (Fsp3) is 0.400. The molecule has 2 N–H and O–H groups in total. The lowest BCUT2D eigenvalue weighted by Gasteiger charge is -2.27. The van der Waals surface area contributed by atoms with E-state index in [1.54, 1.807) is 12.1 Å². The zero-order valence-electron chi connectivity index (χ0n) is 14.0. The second-order valence-electron chi connectivity index (χ2n) is 6.57. The third-order valence-electron chi connectivity index (χ3n) is 4.52. The summed E-state index contributed by atoms with van der Waals surface area (Å²) >= 11 is 0. The van der Waals surface area contributed by atoms with Crippen LogP contribution < -0.4 is 0 Å². The molecule has 22 heavy (non-hydrogen) atoms. The number of hydrogen-bond donors (Lipinski definition) is 2. The molecule has 0 aliphatic carbocycles. The number of rotatable bonds is 5. The van der Waals surface area contributed by atoms with Gasteiger partial charge in [0.1, 0.15) is 11.5 Å². The molecular formula is C20H26O2. The number of benzene rings is 2. The summed E-state index contributed by atoms with van der Waals surface area (Å²) in [7, 11) is 0. The largest absolute Gasteiger partial charge is 0.508 e. The van der Waals surface area contributed by atoms with E-state index in [1.165, 1.54) is 5.56 Å². The number of phenolic OH excluding ortho intramolecular Hbond substituents is 2. The lowest BCUT2D eigenvalue weighted by Crippen LogP contribution is -2.19. The van der Waals surface area contributed by atoms with E-state index in [1.807, 2.05) is 25.1 Å². The molecule has 0 saturated heterocycles. The average molecular weight is 298 g/mol. The molecule has 0 saturated carbocycles. The molecule has 0 spiro atoms. The van der Waals surface area contributed by atoms with Crippen molar-refractivity contribution in [1.82, 2.24) is 0 Å². The Kier molecular flexibility index (Phi) is 4.80. The van der Waals surface area contributed by atoms with Crippen molar-refractivity contribution in [1.29, 1.82) is 0 Å². The van der Waals surface area contributed by atoms with Gasteiger partial charge in [0.15, 0.2) is 0 Å². The van der Waals surface area contributed by atoms with Gasteiger partial charge in [0.05, 0.1) is 0 Å². The molecule has 0 radical (unpaired) electrons. The molecule has 2 heteroatoms. The van der Waals surface area contributed by atoms with Crippen LogP contribution in [-0.4, -0.2) is 10.2 Å². The normalized spacial score (nSPS) is 11.6. The maximum absolute atomic E-state index is 10.0. The van der Waals surface area contributed by atoms with E-state index < -0.39 is 0 Å². The summed E-state index contributed by atoms with van der Waals surface area (Å²) in [5.74, 6) is 0.712. The number of unbranched alkanes of at least 4 members (excludes halogenated alkanes) is 1. The molecule has 2 rings (SSSR count). The average Bonchev–Trinajstić information content (AvgIpc) is 2.49. The third kappa shape index (κ3) is 3.27. The topological polar surface area (TPSA) is 40.5 Å². The second kappa shape index (κ2) is 6.43. The Labute approximate surface area is 133 Å². The number of aromatic hydroxyl groups is 2. The summed E-state index contributed by atoms with van der Waals surface area (Å²) in [6.45, 7) is 8.42. The molecule has 0 aliphatic heterocycles. The molecule has 2 aromatic carbocycles. The Morgan fingerprint density at radius 1 is 0.909 bits per heavy atom. The Balaban J connectivity index is 2.41. The van der Waals surface area contributed by atoms with Gasteiger partial charge in [-0.2, -0.15) is 0 Å². The van der Waals surface area contributed by atoms with E-state index in [-0.39, 0.29) is 5.41 Å². The van der Waals surface area contributed by atoms with Crippen LogP contribution in [0.25, 0.3) is 0 Å². The minimum Gasteiger partial charge on any atom is -0.508 e. The van der Waals surface area contributed by atoms with Crippen molar-refractivity contribution in [2.45, 2.75) is 52.4 Å². The Morgan fingerprint density at radius 3 is 2.09 bits per heavy atom. The molecule has 0 bridgehead atoms. The zero-order chi connectivity index (χ0) is 16.3. The van der Waals surface area contributed by atoms with Crippen LogP contribution in [0.3, 0.4) is 0 Å². The van der Waals surface area contributed by atoms with Gasteiger partial charge in [0.25, 0.3) is 0 Å². The van der Waals surface area contributed by atoms with Gasteiger partial charge < -0.3 is 10.2 Å². The van der Waals surface area contributed by atoms with Gasteiger partial charge in [-0.3, -0.25) is 0 Å². The van der Waals surface area contributed by atoms with E-state index in [0.717, 1.165) is 36.0 Å². The van der Waals surface area contributed by atoms with Crippen molar-refractivity contribution in [3.63, 3.8) is 0 Å². The van der Waals surface area contributed by atoms with Crippen LogP contribution in [0.2, 0.25) is 0 Å². The predicted octanol–water partition coefficient (Wildman–Crippen LogP) is 5.07. The minimum atomic E-state index is -0.173. The Hall–Kier alpha value is -1.96. The van der Waals surface area contributed by atoms with Crippen LogP contribution in [-0.2, 0) is 11.8 Å². The quantitative estimate of drug-likeness (QED) is 0.808. The smallest absolute Gasteiger partial charge is 0.118 e. The summed E-state index contributed by atoms with van der Waals surface area (Å²) in [5.41, 5.74) is 4.07. The van der Waals surface area contributed by atoms with Crippen LogP contribution >= 0.6 is 0 Å². The van der Waals surface area contributed by atoms with Gasteiger partial charge in [0.2, 0.25) is 0 Å². The summed E-state index contributed by atoms with van der Waals surface area (Å²) in [4.78, 5) is 0. The van der Waals surface area contributed by atoms with E-state index in [9.17, 15) is 10.2 Å². The summed E-state index contributed by atoms with van der Waals surface area (Å²) in [6, 6.07) is 11.7. The summed E-state index contributed by atoms with van der Waals surface area (Å²) < 4.78 is 0. The van der Waals surface area contributed by atoms with Gasteiger partial charge in [-0.05, 0) is 54.2 Å². The summed E-state index contributed by atoms with van der Waals surface area (Å²) in [6.07, 6.45) is 3.10. The molecule has 2 aromatic rings. The van der Waals surface area contributed by atoms with Gasteiger partial charge in [-0.1, -0.05) is 51.5 Å². The first-order valence-corrected chi connectivity index (χ1v) is 7.98. The van der Waals surface area contributed by atoms with Crippen molar-refractivity contribution in [3.05, 3.63) is 58.7 Å². The van der Waals surface area contributed by atoms with Crippen molar-refractivity contribution in [2.75, 3.05) is 0 Å². The van der Waals surface area contributed by atoms with Crippen molar-refractivity contribution >= 4 is 0 Å². The lowest BCUT2D eigenvalue weighted by molar-refractivity contribution is 0.465. The first-order valence-electron chi connectivity index (χ1n) is 7.98. The predicted molar refractivity (Wildman–Crippen MR) is 91.7 cm³/mol. The lowest BCUT2D eigenvalue weighted by atomic mass is 9.77. The number of hydrogen-bond acceptors (Lipinski definition) is 2. The monoisotopic (exact) mass is 298 g/mol. The van der Waals surface area contributed by atoms with Gasteiger partial charge in [-0.15, -0.1) is 0 Å². The van der Waals surface area contributed by atoms with E-state index in [0.29, 0.717) is 11.5 Å². The highest BCUT2D eigenvalue weighted by molar-refractivity contribution is 5.46. The van der Waals surface area contributed by atoms with E-state index in [2.05, 4.69) is 26.8 Å². The molecule has 0 amide bonds. The summed E-state index contributed by atoms with van der Waals surface area (Å²) in [5, 5.41) is 19.8. The molecule has 0 aromatic heterocycles. The van der Waals surface area contributed by atoms with Crippen LogP contribution in [0.5, 0.6) is 11.5 Å². The first kappa shape index (κ1) is 16.4. The van der Waals surface area contributed by atoms with Crippen LogP contribution in [0.15, 0.2) is 36.4 Å². The standard InChI is InChI=1S/C20H26O2/c1-5-6-7-15-13-17(9-11-19(15)22)20(3,4)16-8-10-18(21)14(2)12-16/h8-13,21-22H,5-7H2,1-4H3. The highest BCUT2D eigenvalue weighted by Gasteiger charge is 2.24. The fourth-order valence-corrected chi connectivity index (χ4v) is 2.75. The maximum Gasteiger partial charge on any atom is 0.118 e. The molecule has 0 atom stereocenters. The Morgan fingerprint density at radius 2 is 1.50 bits per heavy atom. The van der Waals surface area contributed by atoms with Crippen LogP contribution in [0.1, 0.15) is 55.9 Å². The minimum absolute atomic E-state index is 0.173. The molecule has 0 unspecified atom stereocenters. The molecule has 0 fully saturated rings. The third-order valence-corrected chi connectivity index (χ3v) is 4.52. The maximum atomic E-state index is 10.0. The zero-order valence-corrected chi connectivity index (χ0v) is 14.0. The van der Waals surface area contributed by atoms with Crippen molar-refractivity contribution < 1.29 is 10.2 Å². The molecule has 2 nitrogen and oxygen atoms in total. The van der Waals surface area contributed by atoms with Crippen molar-refractivity contribution in [2.24, 2.45) is 0 Å². The SMILES string of the molecule is CCCCc1cc(C(C)(C)c2ccc(O)c(C)c2)ccc1O. The second-order valence-corrected chi connectivity index (χ2v) is 6.57. The molecular weight excluding hydrogens is 272 g/mol. The molecule has 118 valence electrons.